The molecule has 2 rings (SSSR count). The van der Waals surface area contributed by atoms with Crippen molar-refractivity contribution in [1.29, 1.82) is 0 Å². The van der Waals surface area contributed by atoms with Gasteiger partial charge in [-0.2, -0.15) is 5.10 Å². The fourth-order valence-corrected chi connectivity index (χ4v) is 3.94. The average molecular weight is 448 g/mol. The minimum Gasteiger partial charge on any atom is -0.497 e. The van der Waals surface area contributed by atoms with Crippen LogP contribution in [0.5, 0.6) is 11.5 Å². The van der Waals surface area contributed by atoms with Crippen LogP contribution >= 0.6 is 0 Å². The monoisotopic (exact) mass is 447 g/mol. The number of hydrazone groups is 1. The zero-order valence-electron chi connectivity index (χ0n) is 18.7. The molecule has 0 aliphatic rings. The quantitative estimate of drug-likeness (QED) is 0.494. The molecule has 0 aromatic heterocycles. The van der Waals surface area contributed by atoms with E-state index in [1.807, 2.05) is 20.8 Å². The lowest BCUT2D eigenvalue weighted by Crippen LogP contribution is -2.40. The lowest BCUT2D eigenvalue weighted by Gasteiger charge is -2.26. The number of carbonyl (C=O) groups is 1. The van der Waals surface area contributed by atoms with Gasteiger partial charge in [0, 0.05) is 17.2 Å². The summed E-state index contributed by atoms with van der Waals surface area (Å²) in [4.78, 5) is 12.7. The van der Waals surface area contributed by atoms with Gasteiger partial charge in [-0.3, -0.25) is 9.10 Å². The van der Waals surface area contributed by atoms with Crippen molar-refractivity contribution < 1.29 is 22.7 Å². The van der Waals surface area contributed by atoms with Crippen LogP contribution in [-0.4, -0.2) is 40.8 Å². The van der Waals surface area contributed by atoms with Gasteiger partial charge in [0.25, 0.3) is 15.9 Å². The molecule has 0 saturated heterocycles. The molecule has 0 bridgehead atoms. The van der Waals surface area contributed by atoms with Crippen molar-refractivity contribution in [2.45, 2.75) is 32.6 Å². The van der Waals surface area contributed by atoms with Gasteiger partial charge in [-0.15, -0.1) is 0 Å². The number of anilines is 1. The maximum absolute atomic E-state index is 13.4. The van der Waals surface area contributed by atoms with E-state index >= 15 is 0 Å². The molecule has 0 unspecified atom stereocenters. The summed E-state index contributed by atoms with van der Waals surface area (Å²) in [6.07, 6.45) is 0. The van der Waals surface area contributed by atoms with Crippen molar-refractivity contribution in [2.24, 2.45) is 10.5 Å². The fourth-order valence-electron chi connectivity index (χ4n) is 2.49. The molecule has 1 amide bonds. The highest BCUT2D eigenvalue weighted by Gasteiger charge is 2.30. The van der Waals surface area contributed by atoms with E-state index in [1.54, 1.807) is 37.3 Å². The number of hydrogen-bond donors (Lipinski definition) is 1. The number of sulfonamides is 1. The minimum atomic E-state index is -4.09. The fraction of sp³-hybridized carbons (Fsp3) is 0.364. The van der Waals surface area contributed by atoms with E-state index in [1.165, 1.54) is 32.4 Å². The SMILES string of the molecule is COc1ccc(OC)c(N(CC(=O)N/N=C(/C)C(C)(C)C)S(=O)(=O)c2ccccc2)c1. The molecule has 0 aliphatic heterocycles. The zero-order chi connectivity index (χ0) is 23.2. The van der Waals surface area contributed by atoms with Crippen LogP contribution in [0.25, 0.3) is 0 Å². The van der Waals surface area contributed by atoms with Gasteiger partial charge in [0.05, 0.1) is 24.8 Å². The number of rotatable bonds is 8. The number of methoxy groups -OCH3 is 2. The number of nitrogens with one attached hydrogen (secondary N) is 1. The molecule has 0 atom stereocenters. The number of nitrogens with zero attached hydrogens (tertiary/aromatic N) is 2. The molecule has 0 spiro atoms. The topological polar surface area (TPSA) is 97.3 Å². The molecule has 0 heterocycles. The van der Waals surface area contributed by atoms with Gasteiger partial charge in [-0.25, -0.2) is 13.8 Å². The second-order valence-electron chi connectivity index (χ2n) is 7.84. The van der Waals surface area contributed by atoms with E-state index in [0.29, 0.717) is 11.5 Å². The number of benzene rings is 2. The maximum atomic E-state index is 13.4. The third kappa shape index (κ3) is 5.97. The molecule has 0 fully saturated rings. The van der Waals surface area contributed by atoms with Crippen molar-refractivity contribution in [3.63, 3.8) is 0 Å². The Morgan fingerprint density at radius 2 is 1.71 bits per heavy atom. The van der Waals surface area contributed by atoms with E-state index in [9.17, 15) is 13.2 Å². The first-order valence-corrected chi connectivity index (χ1v) is 11.1. The molecule has 0 radical (unpaired) electrons. The van der Waals surface area contributed by atoms with Crippen LogP contribution in [0.3, 0.4) is 0 Å². The van der Waals surface area contributed by atoms with E-state index in [2.05, 4.69) is 10.5 Å². The van der Waals surface area contributed by atoms with E-state index in [0.717, 1.165) is 4.31 Å². The van der Waals surface area contributed by atoms with E-state index in [4.69, 9.17) is 9.47 Å². The Kier molecular flexibility index (Phi) is 7.67. The van der Waals surface area contributed by atoms with Crippen molar-refractivity contribution in [3.8, 4) is 11.5 Å². The molecule has 0 aliphatic carbocycles. The van der Waals surface area contributed by atoms with Crippen LogP contribution in [0.1, 0.15) is 27.7 Å². The summed E-state index contributed by atoms with van der Waals surface area (Å²) in [5.41, 5.74) is 3.10. The Bertz CT molecular complexity index is 1040. The predicted octanol–water partition coefficient (Wildman–Crippen LogP) is 3.44. The second kappa shape index (κ2) is 9.82. The Labute approximate surface area is 183 Å². The molecule has 1 N–H and O–H groups in total. The summed E-state index contributed by atoms with van der Waals surface area (Å²) in [7, 11) is -1.19. The number of carbonyl (C=O) groups excluding carboxylic acids is 1. The predicted molar refractivity (Wildman–Crippen MR) is 121 cm³/mol. The summed E-state index contributed by atoms with van der Waals surface area (Å²) in [5, 5.41) is 4.11. The molecular weight excluding hydrogens is 418 g/mol. The molecule has 8 nitrogen and oxygen atoms in total. The summed E-state index contributed by atoms with van der Waals surface area (Å²) >= 11 is 0. The molecule has 2 aromatic carbocycles. The van der Waals surface area contributed by atoms with Gasteiger partial charge in [0.1, 0.15) is 18.0 Å². The van der Waals surface area contributed by atoms with Gasteiger partial charge in [-0.1, -0.05) is 39.0 Å². The number of hydrogen-bond acceptors (Lipinski definition) is 6. The maximum Gasteiger partial charge on any atom is 0.264 e. The van der Waals surface area contributed by atoms with Crippen molar-refractivity contribution in [1.82, 2.24) is 5.43 Å². The Hall–Kier alpha value is -3.07. The third-order valence-corrected chi connectivity index (χ3v) is 6.48. The van der Waals surface area contributed by atoms with Crippen LogP contribution < -0.4 is 19.2 Å². The Balaban J connectivity index is 2.51. The lowest BCUT2D eigenvalue weighted by atomic mass is 9.91. The number of amides is 1. The summed E-state index contributed by atoms with van der Waals surface area (Å²) in [6.45, 7) is 7.19. The lowest BCUT2D eigenvalue weighted by molar-refractivity contribution is -0.119. The van der Waals surface area contributed by atoms with Gasteiger partial charge in [-0.05, 0) is 31.2 Å². The molecule has 2 aromatic rings. The van der Waals surface area contributed by atoms with Crippen molar-refractivity contribution in [3.05, 3.63) is 48.5 Å². The van der Waals surface area contributed by atoms with Gasteiger partial charge in [0.15, 0.2) is 0 Å². The van der Waals surface area contributed by atoms with Crippen LogP contribution in [0.15, 0.2) is 58.5 Å². The Morgan fingerprint density at radius 3 is 2.26 bits per heavy atom. The highest BCUT2D eigenvalue weighted by atomic mass is 32.2. The molecular formula is C22H29N3O5S. The zero-order valence-corrected chi connectivity index (χ0v) is 19.5. The first-order valence-electron chi connectivity index (χ1n) is 9.64. The molecule has 0 saturated carbocycles. The first-order chi connectivity index (χ1) is 14.5. The Morgan fingerprint density at radius 1 is 1.06 bits per heavy atom. The smallest absolute Gasteiger partial charge is 0.264 e. The molecule has 31 heavy (non-hydrogen) atoms. The standard InChI is InChI=1S/C22H29N3O5S/c1-16(22(2,3)4)23-24-21(26)15-25(31(27,28)18-10-8-7-9-11-18)19-14-17(29-5)12-13-20(19)30-6/h7-14H,15H2,1-6H3,(H,24,26)/b23-16-. The molecule has 168 valence electrons. The van der Waals surface area contributed by atoms with Crippen LogP contribution in [0.4, 0.5) is 5.69 Å². The minimum absolute atomic E-state index is 0.0436. The van der Waals surface area contributed by atoms with E-state index in [-0.39, 0.29) is 21.7 Å². The van der Waals surface area contributed by atoms with E-state index < -0.39 is 22.5 Å². The van der Waals surface area contributed by atoms with Gasteiger partial charge < -0.3 is 9.47 Å². The largest absolute Gasteiger partial charge is 0.497 e. The molecule has 9 heteroatoms. The summed E-state index contributed by atoms with van der Waals surface area (Å²) < 4.78 is 38.5. The van der Waals surface area contributed by atoms with Crippen LogP contribution in [0.2, 0.25) is 0 Å². The van der Waals surface area contributed by atoms with Gasteiger partial charge in [0.2, 0.25) is 0 Å². The first kappa shape index (κ1) is 24.2. The van der Waals surface area contributed by atoms with Crippen molar-refractivity contribution in [2.75, 3.05) is 25.1 Å². The normalized spacial score (nSPS) is 12.3. The van der Waals surface area contributed by atoms with Crippen LogP contribution in [0, 0.1) is 5.41 Å². The van der Waals surface area contributed by atoms with Gasteiger partial charge >= 0.3 is 0 Å². The second-order valence-corrected chi connectivity index (χ2v) is 9.71. The van der Waals surface area contributed by atoms with Crippen LogP contribution in [-0.2, 0) is 14.8 Å². The highest BCUT2D eigenvalue weighted by Crippen LogP contribution is 2.35. The van der Waals surface area contributed by atoms with Crippen molar-refractivity contribution >= 4 is 27.3 Å². The summed E-state index contributed by atoms with van der Waals surface area (Å²) in [6, 6.07) is 12.6. The average Bonchev–Trinajstić information content (AvgIpc) is 2.75. The third-order valence-electron chi connectivity index (χ3n) is 4.71. The summed E-state index contributed by atoms with van der Waals surface area (Å²) in [5.74, 6) is 0.113. The number of ether oxygens (including phenoxy) is 2. The highest BCUT2D eigenvalue weighted by molar-refractivity contribution is 7.92.